The quantitative estimate of drug-likeness (QED) is 0.799. The van der Waals surface area contributed by atoms with Gasteiger partial charge >= 0.3 is 0 Å². The lowest BCUT2D eigenvalue weighted by Crippen LogP contribution is -1.94. The number of nitrogens with one attached hydrogen (secondary N) is 1. The number of nitrogens with zero attached hydrogens (tertiary/aromatic N) is 4. The summed E-state index contributed by atoms with van der Waals surface area (Å²) in [5.74, 6) is 0. The first-order chi connectivity index (χ1) is 9.76. The van der Waals surface area contributed by atoms with Crippen molar-refractivity contribution in [2.45, 2.75) is 13.3 Å². The Kier molecular flexibility index (Phi) is 3.47. The van der Waals surface area contributed by atoms with E-state index in [1.54, 1.807) is 22.2 Å². The highest BCUT2D eigenvalue weighted by molar-refractivity contribution is 7.14. The van der Waals surface area contributed by atoms with Crippen LogP contribution in [0.3, 0.4) is 0 Å². The van der Waals surface area contributed by atoms with E-state index in [9.17, 15) is 0 Å². The van der Waals surface area contributed by atoms with E-state index in [1.165, 1.54) is 5.56 Å². The van der Waals surface area contributed by atoms with Crippen molar-refractivity contribution in [1.29, 1.82) is 0 Å². The molecule has 0 unspecified atom stereocenters. The molecule has 0 spiro atoms. The predicted octanol–water partition coefficient (Wildman–Crippen LogP) is 3.24. The van der Waals surface area contributed by atoms with Gasteiger partial charge in [0.05, 0.1) is 6.20 Å². The van der Waals surface area contributed by atoms with E-state index in [0.717, 1.165) is 28.6 Å². The molecule has 0 saturated heterocycles. The fourth-order valence-corrected chi connectivity index (χ4v) is 2.64. The Labute approximate surface area is 121 Å². The van der Waals surface area contributed by atoms with E-state index in [4.69, 9.17) is 0 Å². The standard InChI is InChI=1S/C14H15N5S/c1-3-10-4-6-11(7-5-10)16-14-17-12(9-20-14)13-8-15-18-19(13)2/h4-9H,3H2,1-2H3,(H,16,17). The van der Waals surface area contributed by atoms with E-state index in [2.05, 4.69) is 51.8 Å². The number of rotatable bonds is 4. The molecule has 0 fully saturated rings. The third-order valence-corrected chi connectivity index (χ3v) is 3.85. The summed E-state index contributed by atoms with van der Waals surface area (Å²) in [5, 5.41) is 14.0. The summed E-state index contributed by atoms with van der Waals surface area (Å²) in [5.41, 5.74) is 4.17. The molecule has 0 saturated carbocycles. The van der Waals surface area contributed by atoms with Crippen LogP contribution in [0.5, 0.6) is 0 Å². The minimum atomic E-state index is 0.866. The van der Waals surface area contributed by atoms with Gasteiger partial charge < -0.3 is 5.32 Å². The zero-order valence-corrected chi connectivity index (χ0v) is 12.2. The number of anilines is 2. The second-order valence-corrected chi connectivity index (χ2v) is 5.31. The average Bonchev–Trinajstić information content (AvgIpc) is 3.08. The lowest BCUT2D eigenvalue weighted by molar-refractivity contribution is 0.719. The highest BCUT2D eigenvalue weighted by Crippen LogP contribution is 2.26. The van der Waals surface area contributed by atoms with Gasteiger partial charge in [-0.2, -0.15) is 0 Å². The van der Waals surface area contributed by atoms with Crippen molar-refractivity contribution in [1.82, 2.24) is 20.0 Å². The Morgan fingerprint density at radius 3 is 2.70 bits per heavy atom. The molecule has 0 amide bonds. The summed E-state index contributed by atoms with van der Waals surface area (Å²) in [6, 6.07) is 8.40. The van der Waals surface area contributed by atoms with Crippen LogP contribution in [0.15, 0.2) is 35.8 Å². The summed E-state index contributed by atoms with van der Waals surface area (Å²) in [6.45, 7) is 2.15. The Balaban J connectivity index is 1.78. The van der Waals surface area contributed by atoms with E-state index >= 15 is 0 Å². The molecule has 0 aliphatic heterocycles. The first-order valence-electron chi connectivity index (χ1n) is 6.43. The molecule has 5 nitrogen and oxygen atoms in total. The molecule has 0 bridgehead atoms. The molecule has 1 aromatic carbocycles. The maximum absolute atomic E-state index is 4.56. The molecular formula is C14H15N5S. The maximum atomic E-state index is 4.56. The first kappa shape index (κ1) is 12.8. The number of hydrogen-bond acceptors (Lipinski definition) is 5. The third-order valence-electron chi connectivity index (χ3n) is 3.09. The van der Waals surface area contributed by atoms with Crippen LogP contribution in [-0.4, -0.2) is 20.0 Å². The third kappa shape index (κ3) is 2.55. The molecule has 0 radical (unpaired) electrons. The van der Waals surface area contributed by atoms with E-state index in [-0.39, 0.29) is 0 Å². The highest BCUT2D eigenvalue weighted by Gasteiger charge is 2.08. The fourth-order valence-electron chi connectivity index (χ4n) is 1.92. The number of thiazole rings is 1. The van der Waals surface area contributed by atoms with Crippen LogP contribution in [0.4, 0.5) is 10.8 Å². The summed E-state index contributed by atoms with van der Waals surface area (Å²) in [7, 11) is 1.86. The van der Waals surface area contributed by atoms with Crippen molar-refractivity contribution in [2.24, 2.45) is 7.05 Å². The second-order valence-electron chi connectivity index (χ2n) is 4.46. The van der Waals surface area contributed by atoms with E-state index < -0.39 is 0 Å². The smallest absolute Gasteiger partial charge is 0.187 e. The lowest BCUT2D eigenvalue weighted by Gasteiger charge is -2.03. The highest BCUT2D eigenvalue weighted by atomic mass is 32.1. The molecule has 0 aliphatic carbocycles. The van der Waals surface area contributed by atoms with Crippen LogP contribution in [0.1, 0.15) is 12.5 Å². The van der Waals surface area contributed by atoms with Crippen molar-refractivity contribution in [3.8, 4) is 11.4 Å². The van der Waals surface area contributed by atoms with Crippen molar-refractivity contribution in [3.63, 3.8) is 0 Å². The molecule has 1 N–H and O–H groups in total. The van der Waals surface area contributed by atoms with Crippen LogP contribution in [0, 0.1) is 0 Å². The van der Waals surface area contributed by atoms with Gasteiger partial charge in [-0.1, -0.05) is 24.3 Å². The Morgan fingerprint density at radius 1 is 1.25 bits per heavy atom. The Bertz CT molecular complexity index is 698. The van der Waals surface area contributed by atoms with Crippen molar-refractivity contribution in [3.05, 3.63) is 41.4 Å². The molecule has 3 aromatic rings. The van der Waals surface area contributed by atoms with Gasteiger partial charge in [0.15, 0.2) is 5.13 Å². The zero-order valence-electron chi connectivity index (χ0n) is 11.4. The molecule has 6 heteroatoms. The summed E-state index contributed by atoms with van der Waals surface area (Å²) in [6.07, 6.45) is 2.77. The second kappa shape index (κ2) is 5.42. The fraction of sp³-hybridized carbons (Fsp3) is 0.214. The molecule has 0 atom stereocenters. The maximum Gasteiger partial charge on any atom is 0.187 e. The predicted molar refractivity (Wildman–Crippen MR) is 81.2 cm³/mol. The van der Waals surface area contributed by atoms with Crippen LogP contribution in [-0.2, 0) is 13.5 Å². The van der Waals surface area contributed by atoms with E-state index in [1.807, 2.05) is 12.4 Å². The van der Waals surface area contributed by atoms with Crippen LogP contribution in [0.25, 0.3) is 11.4 Å². The molecule has 20 heavy (non-hydrogen) atoms. The number of hydrogen-bond donors (Lipinski definition) is 1. The van der Waals surface area contributed by atoms with Gasteiger partial charge in [0.1, 0.15) is 11.4 Å². The van der Waals surface area contributed by atoms with Crippen LogP contribution >= 0.6 is 11.3 Å². The van der Waals surface area contributed by atoms with Crippen molar-refractivity contribution in [2.75, 3.05) is 5.32 Å². The molecule has 3 rings (SSSR count). The number of aromatic nitrogens is 4. The SMILES string of the molecule is CCc1ccc(Nc2nc(-c3cnnn3C)cs2)cc1. The molecule has 102 valence electrons. The first-order valence-corrected chi connectivity index (χ1v) is 7.31. The van der Waals surface area contributed by atoms with Gasteiger partial charge in [-0.25, -0.2) is 9.67 Å². The van der Waals surface area contributed by atoms with E-state index in [0.29, 0.717) is 0 Å². The van der Waals surface area contributed by atoms with Gasteiger partial charge in [-0.3, -0.25) is 0 Å². The molecular weight excluding hydrogens is 270 g/mol. The normalized spacial score (nSPS) is 10.7. The summed E-state index contributed by atoms with van der Waals surface area (Å²) >= 11 is 1.57. The summed E-state index contributed by atoms with van der Waals surface area (Å²) < 4.78 is 1.72. The van der Waals surface area contributed by atoms with Crippen LogP contribution < -0.4 is 5.32 Å². The van der Waals surface area contributed by atoms with Gasteiger partial charge in [0.25, 0.3) is 0 Å². The van der Waals surface area contributed by atoms with Gasteiger partial charge in [0.2, 0.25) is 0 Å². The topological polar surface area (TPSA) is 55.6 Å². The molecule has 2 heterocycles. The van der Waals surface area contributed by atoms with Gasteiger partial charge in [-0.05, 0) is 24.1 Å². The molecule has 0 aliphatic rings. The Hall–Kier alpha value is -2.21. The van der Waals surface area contributed by atoms with Crippen molar-refractivity contribution < 1.29 is 0 Å². The lowest BCUT2D eigenvalue weighted by atomic mass is 10.1. The monoisotopic (exact) mass is 285 g/mol. The summed E-state index contributed by atoms with van der Waals surface area (Å²) in [4.78, 5) is 4.56. The van der Waals surface area contributed by atoms with Gasteiger partial charge in [0, 0.05) is 18.1 Å². The minimum Gasteiger partial charge on any atom is -0.332 e. The largest absolute Gasteiger partial charge is 0.332 e. The average molecular weight is 285 g/mol. The van der Waals surface area contributed by atoms with Gasteiger partial charge in [-0.15, -0.1) is 16.4 Å². The number of aryl methyl sites for hydroxylation is 2. The Morgan fingerprint density at radius 2 is 2.05 bits per heavy atom. The zero-order chi connectivity index (χ0) is 13.9. The molecule has 2 aromatic heterocycles. The van der Waals surface area contributed by atoms with Crippen molar-refractivity contribution >= 4 is 22.2 Å². The van der Waals surface area contributed by atoms with Crippen LogP contribution in [0.2, 0.25) is 0 Å². The number of benzene rings is 1. The minimum absolute atomic E-state index is 0.866.